The van der Waals surface area contributed by atoms with Crippen molar-refractivity contribution >= 4 is 5.91 Å². The van der Waals surface area contributed by atoms with Crippen molar-refractivity contribution in [3.05, 3.63) is 0 Å². The fourth-order valence-electron chi connectivity index (χ4n) is 2.63. The number of carbonyl (C=O) groups excluding carboxylic acids is 1. The highest BCUT2D eigenvalue weighted by atomic mass is 16.5. The normalized spacial score (nSPS) is 17.5. The average molecular weight is 271 g/mol. The molecule has 1 aliphatic heterocycles. The molecule has 0 N–H and O–H groups in total. The van der Waals surface area contributed by atoms with E-state index in [1.807, 2.05) is 18.7 Å². The zero-order chi connectivity index (χ0) is 15.1. The number of rotatable bonds is 6. The van der Waals surface area contributed by atoms with Crippen LogP contribution in [0.5, 0.6) is 0 Å². The fraction of sp³-hybridized carbons (Fsp3) is 0.938. The van der Waals surface area contributed by atoms with Gasteiger partial charge in [-0.1, -0.05) is 20.8 Å². The van der Waals surface area contributed by atoms with Gasteiger partial charge in [-0.25, -0.2) is 0 Å². The van der Waals surface area contributed by atoms with Crippen LogP contribution in [0.4, 0.5) is 0 Å². The van der Waals surface area contributed by atoms with Gasteiger partial charge in [-0.3, -0.25) is 4.79 Å². The Morgan fingerprint density at radius 1 is 1.32 bits per heavy atom. The number of amides is 1. The standard InChI is InChI=1S/C14H27NO2.C2H6/c1-6-12(17-11(2)3)10-14(4,5)15-9-7-8-13(15)16;1-2/h11-12H,6-10H2,1-5H3;1-2H3. The van der Waals surface area contributed by atoms with E-state index in [4.69, 9.17) is 4.74 Å². The highest BCUT2D eigenvalue weighted by molar-refractivity contribution is 5.78. The van der Waals surface area contributed by atoms with Crippen LogP contribution in [-0.4, -0.2) is 35.1 Å². The van der Waals surface area contributed by atoms with Gasteiger partial charge in [0.25, 0.3) is 0 Å². The Balaban J connectivity index is 0.00000154. The van der Waals surface area contributed by atoms with Crippen LogP contribution in [-0.2, 0) is 9.53 Å². The van der Waals surface area contributed by atoms with Gasteiger partial charge < -0.3 is 9.64 Å². The van der Waals surface area contributed by atoms with Crippen molar-refractivity contribution in [1.29, 1.82) is 0 Å². The van der Waals surface area contributed by atoms with Crippen LogP contribution in [0, 0.1) is 0 Å². The van der Waals surface area contributed by atoms with Crippen LogP contribution in [0.25, 0.3) is 0 Å². The Morgan fingerprint density at radius 2 is 1.89 bits per heavy atom. The first kappa shape index (κ1) is 18.4. The molecule has 3 heteroatoms. The maximum absolute atomic E-state index is 11.8. The highest BCUT2D eigenvalue weighted by Gasteiger charge is 2.35. The molecule has 1 fully saturated rings. The van der Waals surface area contributed by atoms with Gasteiger partial charge in [-0.2, -0.15) is 0 Å². The zero-order valence-corrected chi connectivity index (χ0v) is 14.0. The molecular formula is C16H33NO2. The predicted octanol–water partition coefficient (Wildman–Crippen LogP) is 4.01. The van der Waals surface area contributed by atoms with Crippen molar-refractivity contribution in [1.82, 2.24) is 4.90 Å². The SMILES string of the molecule is CC.CCC(CC(C)(C)N1CCCC1=O)OC(C)C. The summed E-state index contributed by atoms with van der Waals surface area (Å²) in [5.41, 5.74) is -0.0802. The number of ether oxygens (including phenoxy) is 1. The van der Waals surface area contributed by atoms with E-state index in [1.54, 1.807) is 0 Å². The van der Waals surface area contributed by atoms with Crippen molar-refractivity contribution in [2.75, 3.05) is 6.54 Å². The number of carbonyl (C=O) groups is 1. The van der Waals surface area contributed by atoms with Crippen molar-refractivity contribution in [3.63, 3.8) is 0 Å². The molecule has 3 nitrogen and oxygen atoms in total. The zero-order valence-electron chi connectivity index (χ0n) is 14.0. The summed E-state index contributed by atoms with van der Waals surface area (Å²) >= 11 is 0. The summed E-state index contributed by atoms with van der Waals surface area (Å²) in [5, 5.41) is 0. The first-order valence-corrected chi connectivity index (χ1v) is 7.82. The first-order valence-electron chi connectivity index (χ1n) is 7.82. The van der Waals surface area contributed by atoms with E-state index in [9.17, 15) is 4.79 Å². The Labute approximate surface area is 119 Å². The minimum Gasteiger partial charge on any atom is -0.375 e. The summed E-state index contributed by atoms with van der Waals surface area (Å²) < 4.78 is 5.89. The summed E-state index contributed by atoms with van der Waals surface area (Å²) in [4.78, 5) is 13.8. The molecule has 1 aliphatic rings. The maximum Gasteiger partial charge on any atom is 0.223 e. The van der Waals surface area contributed by atoms with Gasteiger partial charge in [0.15, 0.2) is 0 Å². The van der Waals surface area contributed by atoms with Crippen LogP contribution in [0.3, 0.4) is 0 Å². The van der Waals surface area contributed by atoms with Gasteiger partial charge in [0, 0.05) is 18.5 Å². The van der Waals surface area contributed by atoms with Gasteiger partial charge in [0.2, 0.25) is 5.91 Å². The molecule has 0 aromatic rings. The minimum absolute atomic E-state index is 0.0802. The number of nitrogens with zero attached hydrogens (tertiary/aromatic N) is 1. The molecule has 1 unspecified atom stereocenters. The highest BCUT2D eigenvalue weighted by Crippen LogP contribution is 2.28. The van der Waals surface area contributed by atoms with E-state index in [-0.39, 0.29) is 17.7 Å². The van der Waals surface area contributed by atoms with Crippen LogP contribution in [0.15, 0.2) is 0 Å². The van der Waals surface area contributed by atoms with Crippen LogP contribution >= 0.6 is 0 Å². The molecule has 0 aliphatic carbocycles. The Hall–Kier alpha value is -0.570. The van der Waals surface area contributed by atoms with Gasteiger partial charge in [0.1, 0.15) is 0 Å². The lowest BCUT2D eigenvalue weighted by molar-refractivity contribution is -0.133. The Bertz CT molecular complexity index is 261. The number of likely N-dealkylation sites (tertiary alicyclic amines) is 1. The van der Waals surface area contributed by atoms with E-state index < -0.39 is 0 Å². The second-order valence-electron chi connectivity index (χ2n) is 5.88. The third-order valence-corrected chi connectivity index (χ3v) is 3.45. The molecule has 114 valence electrons. The van der Waals surface area contributed by atoms with Gasteiger partial charge >= 0.3 is 0 Å². The topological polar surface area (TPSA) is 29.5 Å². The molecule has 1 rings (SSSR count). The van der Waals surface area contributed by atoms with Gasteiger partial charge in [0.05, 0.1) is 12.2 Å². The molecular weight excluding hydrogens is 238 g/mol. The predicted molar refractivity (Wildman–Crippen MR) is 81.3 cm³/mol. The summed E-state index contributed by atoms with van der Waals surface area (Å²) in [6.45, 7) is 15.5. The molecule has 0 saturated carbocycles. The lowest BCUT2D eigenvalue weighted by Crippen LogP contribution is -2.47. The molecule has 0 bridgehead atoms. The molecule has 1 heterocycles. The molecule has 1 amide bonds. The lowest BCUT2D eigenvalue weighted by Gasteiger charge is -2.38. The van der Waals surface area contributed by atoms with Crippen molar-refractivity contribution in [2.45, 2.75) is 91.9 Å². The lowest BCUT2D eigenvalue weighted by atomic mass is 9.93. The van der Waals surface area contributed by atoms with Crippen molar-refractivity contribution in [2.24, 2.45) is 0 Å². The second kappa shape index (κ2) is 8.57. The summed E-state index contributed by atoms with van der Waals surface area (Å²) in [7, 11) is 0. The molecule has 0 aromatic carbocycles. The fourth-order valence-corrected chi connectivity index (χ4v) is 2.63. The molecule has 1 saturated heterocycles. The Morgan fingerprint density at radius 3 is 2.26 bits per heavy atom. The molecule has 19 heavy (non-hydrogen) atoms. The first-order chi connectivity index (χ1) is 8.86. The quantitative estimate of drug-likeness (QED) is 0.730. The largest absolute Gasteiger partial charge is 0.375 e. The molecule has 0 spiro atoms. The smallest absolute Gasteiger partial charge is 0.223 e. The summed E-state index contributed by atoms with van der Waals surface area (Å²) in [6, 6.07) is 0. The van der Waals surface area contributed by atoms with Crippen molar-refractivity contribution < 1.29 is 9.53 Å². The van der Waals surface area contributed by atoms with Crippen LogP contribution < -0.4 is 0 Å². The number of hydrogen-bond acceptors (Lipinski definition) is 2. The van der Waals surface area contributed by atoms with E-state index in [1.165, 1.54) is 0 Å². The second-order valence-corrected chi connectivity index (χ2v) is 5.88. The van der Waals surface area contributed by atoms with E-state index in [0.717, 1.165) is 25.8 Å². The summed E-state index contributed by atoms with van der Waals surface area (Å²) in [6.07, 6.45) is 4.15. The van der Waals surface area contributed by atoms with Gasteiger partial charge in [-0.05, 0) is 47.0 Å². The molecule has 0 aromatic heterocycles. The third kappa shape index (κ3) is 5.94. The van der Waals surface area contributed by atoms with E-state index >= 15 is 0 Å². The molecule has 1 atom stereocenters. The average Bonchev–Trinajstić information content (AvgIpc) is 2.77. The van der Waals surface area contributed by atoms with Crippen molar-refractivity contribution in [3.8, 4) is 0 Å². The maximum atomic E-state index is 11.8. The third-order valence-electron chi connectivity index (χ3n) is 3.45. The van der Waals surface area contributed by atoms with Gasteiger partial charge in [-0.15, -0.1) is 0 Å². The monoisotopic (exact) mass is 271 g/mol. The summed E-state index contributed by atoms with van der Waals surface area (Å²) in [5.74, 6) is 0.300. The van der Waals surface area contributed by atoms with Crippen LogP contribution in [0.1, 0.15) is 74.1 Å². The number of hydrogen-bond donors (Lipinski definition) is 0. The van der Waals surface area contributed by atoms with Crippen LogP contribution in [0.2, 0.25) is 0 Å². The molecule has 0 radical (unpaired) electrons. The minimum atomic E-state index is -0.0802. The van der Waals surface area contributed by atoms with E-state index in [0.29, 0.717) is 12.3 Å². The Kier molecular flexibility index (Phi) is 8.31. The van der Waals surface area contributed by atoms with E-state index in [2.05, 4.69) is 34.6 Å².